The highest BCUT2D eigenvalue weighted by Gasteiger charge is 1.98. The van der Waals surface area contributed by atoms with Crippen molar-refractivity contribution < 1.29 is 4.79 Å². The normalized spacial score (nSPS) is 10.4. The fourth-order valence-electron chi connectivity index (χ4n) is 0.673. The largest absolute Gasteiger partial charge is 0.300 e. The fourth-order valence-corrected chi connectivity index (χ4v) is 0.981. The molecule has 0 atom stereocenters. The van der Waals surface area contributed by atoms with Crippen LogP contribution in [0.5, 0.6) is 0 Å². The van der Waals surface area contributed by atoms with E-state index in [1.807, 2.05) is 0 Å². The van der Waals surface area contributed by atoms with Crippen molar-refractivity contribution >= 4 is 29.0 Å². The first-order chi connectivity index (χ1) is 4.63. The van der Waals surface area contributed by atoms with Gasteiger partial charge in [0.1, 0.15) is 10.6 Å². The van der Waals surface area contributed by atoms with E-state index in [1.54, 1.807) is 6.92 Å². The zero-order chi connectivity index (χ0) is 7.98. The molecule has 0 heterocycles. The maximum absolute atomic E-state index is 10.4. The molecule has 0 aromatic carbocycles. The molecule has 60 valence electrons. The van der Waals surface area contributed by atoms with Gasteiger partial charge >= 0.3 is 0 Å². The fraction of sp³-hybridized carbons (Fsp3) is 0.857. The molecule has 0 saturated heterocycles. The van der Waals surface area contributed by atoms with Gasteiger partial charge in [-0.15, -0.1) is 23.2 Å². The molecule has 0 bridgehead atoms. The van der Waals surface area contributed by atoms with Gasteiger partial charge in [0.05, 0.1) is 0 Å². The lowest BCUT2D eigenvalue weighted by Crippen LogP contribution is -1.91. The van der Waals surface area contributed by atoms with Gasteiger partial charge in [0.2, 0.25) is 0 Å². The molecule has 0 radical (unpaired) electrons. The Morgan fingerprint density at radius 1 is 1.40 bits per heavy atom. The molecule has 0 unspecified atom stereocenters. The van der Waals surface area contributed by atoms with Crippen LogP contribution in [-0.2, 0) is 4.79 Å². The van der Waals surface area contributed by atoms with Crippen LogP contribution >= 0.6 is 23.2 Å². The van der Waals surface area contributed by atoms with E-state index in [4.69, 9.17) is 23.2 Å². The highest BCUT2D eigenvalue weighted by atomic mass is 35.5. The Balaban J connectivity index is 2.98. The molecule has 0 aromatic rings. The Kier molecular flexibility index (Phi) is 6.14. The molecule has 0 amide bonds. The quantitative estimate of drug-likeness (QED) is 0.473. The number of rotatable bonds is 5. The number of carbonyl (C=O) groups excluding carboxylic acids is 1. The standard InChI is InChI=1S/C7H12Cl2O/c1-6(10)4-2-3-5-7(8)9/h7H,2-5H2,1H3. The summed E-state index contributed by atoms with van der Waals surface area (Å²) in [5, 5.41) is 0. The van der Waals surface area contributed by atoms with E-state index >= 15 is 0 Å². The van der Waals surface area contributed by atoms with Crippen LogP contribution in [0.3, 0.4) is 0 Å². The minimum Gasteiger partial charge on any atom is -0.300 e. The Bertz CT molecular complexity index is 102. The molecule has 0 aliphatic heterocycles. The number of ketones is 1. The molecular weight excluding hydrogens is 171 g/mol. The topological polar surface area (TPSA) is 17.1 Å². The summed E-state index contributed by atoms with van der Waals surface area (Å²) in [5.41, 5.74) is 0. The van der Waals surface area contributed by atoms with Crippen LogP contribution in [0.4, 0.5) is 0 Å². The second-order valence-corrected chi connectivity index (χ2v) is 3.62. The van der Waals surface area contributed by atoms with Crippen LogP contribution in [0.2, 0.25) is 0 Å². The summed E-state index contributed by atoms with van der Waals surface area (Å²) in [6, 6.07) is 0. The first kappa shape index (κ1) is 10.2. The lowest BCUT2D eigenvalue weighted by molar-refractivity contribution is -0.117. The molecule has 10 heavy (non-hydrogen) atoms. The first-order valence-electron chi connectivity index (χ1n) is 3.40. The van der Waals surface area contributed by atoms with E-state index in [0.717, 1.165) is 19.3 Å². The Hall–Kier alpha value is 0.250. The number of unbranched alkanes of at least 4 members (excludes halogenated alkanes) is 1. The van der Waals surface area contributed by atoms with Crippen molar-refractivity contribution in [3.63, 3.8) is 0 Å². The summed E-state index contributed by atoms with van der Waals surface area (Å²) in [5.74, 6) is 0.237. The summed E-state index contributed by atoms with van der Waals surface area (Å²) in [7, 11) is 0. The average Bonchev–Trinajstić information content (AvgIpc) is 1.79. The molecule has 0 rings (SSSR count). The van der Waals surface area contributed by atoms with Crippen molar-refractivity contribution in [3.05, 3.63) is 0 Å². The number of carbonyl (C=O) groups is 1. The highest BCUT2D eigenvalue weighted by Crippen LogP contribution is 2.12. The number of hydrogen-bond acceptors (Lipinski definition) is 1. The van der Waals surface area contributed by atoms with E-state index < -0.39 is 0 Å². The molecule has 0 aliphatic rings. The van der Waals surface area contributed by atoms with Crippen molar-refractivity contribution in [3.8, 4) is 0 Å². The smallest absolute Gasteiger partial charge is 0.129 e. The van der Waals surface area contributed by atoms with Crippen molar-refractivity contribution in [1.82, 2.24) is 0 Å². The van der Waals surface area contributed by atoms with Gasteiger partial charge in [0.15, 0.2) is 0 Å². The van der Waals surface area contributed by atoms with Gasteiger partial charge < -0.3 is 4.79 Å². The second kappa shape index (κ2) is 5.99. The number of Topliss-reactive ketones (excluding diaryl/α,β-unsaturated/α-hetero) is 1. The molecular formula is C7H12Cl2O. The maximum atomic E-state index is 10.4. The van der Waals surface area contributed by atoms with E-state index in [9.17, 15) is 4.79 Å². The Morgan fingerprint density at radius 3 is 2.40 bits per heavy atom. The summed E-state index contributed by atoms with van der Waals surface area (Å²) < 4.78 is 0. The predicted octanol–water partition coefficient (Wildman–Crippen LogP) is 2.94. The summed E-state index contributed by atoms with van der Waals surface area (Å²) >= 11 is 10.9. The number of hydrogen-bond donors (Lipinski definition) is 0. The highest BCUT2D eigenvalue weighted by molar-refractivity contribution is 6.44. The Labute approximate surface area is 71.7 Å². The van der Waals surface area contributed by atoms with Crippen molar-refractivity contribution in [2.75, 3.05) is 0 Å². The first-order valence-corrected chi connectivity index (χ1v) is 4.28. The van der Waals surface area contributed by atoms with Crippen LogP contribution in [0, 0.1) is 0 Å². The SMILES string of the molecule is CC(=O)CCCCC(Cl)Cl. The summed E-state index contributed by atoms with van der Waals surface area (Å²) in [4.78, 5) is 10.2. The van der Waals surface area contributed by atoms with Gasteiger partial charge in [-0.2, -0.15) is 0 Å². The molecule has 0 aliphatic carbocycles. The molecule has 0 aromatic heterocycles. The van der Waals surface area contributed by atoms with Gasteiger partial charge in [-0.05, 0) is 19.8 Å². The van der Waals surface area contributed by atoms with Crippen molar-refractivity contribution in [2.45, 2.75) is 37.4 Å². The minimum absolute atomic E-state index is 0.237. The molecule has 0 N–H and O–H groups in total. The third-order valence-corrected chi connectivity index (χ3v) is 1.64. The molecule has 3 heteroatoms. The van der Waals surface area contributed by atoms with Crippen LogP contribution in [0.25, 0.3) is 0 Å². The minimum atomic E-state index is -0.271. The molecule has 0 fully saturated rings. The lowest BCUT2D eigenvalue weighted by Gasteiger charge is -1.98. The Morgan fingerprint density at radius 2 is 2.00 bits per heavy atom. The molecule has 0 saturated carbocycles. The van der Waals surface area contributed by atoms with Gasteiger partial charge in [-0.3, -0.25) is 0 Å². The third kappa shape index (κ3) is 8.25. The number of alkyl halides is 2. The zero-order valence-corrected chi connectivity index (χ0v) is 7.58. The van der Waals surface area contributed by atoms with Gasteiger partial charge in [0.25, 0.3) is 0 Å². The molecule has 1 nitrogen and oxygen atoms in total. The predicted molar refractivity (Wildman–Crippen MR) is 44.6 cm³/mol. The zero-order valence-electron chi connectivity index (χ0n) is 6.07. The van der Waals surface area contributed by atoms with E-state index in [-0.39, 0.29) is 10.6 Å². The average molecular weight is 183 g/mol. The summed E-state index contributed by atoms with van der Waals surface area (Å²) in [6.07, 6.45) is 3.29. The van der Waals surface area contributed by atoms with Gasteiger partial charge in [0, 0.05) is 6.42 Å². The van der Waals surface area contributed by atoms with Crippen LogP contribution < -0.4 is 0 Å². The van der Waals surface area contributed by atoms with E-state index in [1.165, 1.54) is 0 Å². The van der Waals surface area contributed by atoms with Crippen LogP contribution in [0.1, 0.15) is 32.6 Å². The summed E-state index contributed by atoms with van der Waals surface area (Å²) in [6.45, 7) is 1.60. The third-order valence-electron chi connectivity index (χ3n) is 1.20. The van der Waals surface area contributed by atoms with Crippen molar-refractivity contribution in [1.29, 1.82) is 0 Å². The number of halogens is 2. The van der Waals surface area contributed by atoms with Gasteiger partial charge in [-0.1, -0.05) is 6.42 Å². The van der Waals surface area contributed by atoms with Crippen molar-refractivity contribution in [2.24, 2.45) is 0 Å². The maximum Gasteiger partial charge on any atom is 0.129 e. The van der Waals surface area contributed by atoms with Gasteiger partial charge in [-0.25, -0.2) is 0 Å². The van der Waals surface area contributed by atoms with Crippen LogP contribution in [0.15, 0.2) is 0 Å². The van der Waals surface area contributed by atoms with E-state index in [2.05, 4.69) is 0 Å². The monoisotopic (exact) mass is 182 g/mol. The second-order valence-electron chi connectivity index (χ2n) is 2.34. The van der Waals surface area contributed by atoms with Crippen LogP contribution in [-0.4, -0.2) is 10.6 Å². The molecule has 0 spiro atoms. The lowest BCUT2D eigenvalue weighted by atomic mass is 10.1. The van der Waals surface area contributed by atoms with E-state index in [0.29, 0.717) is 6.42 Å².